The Morgan fingerprint density at radius 1 is 1.23 bits per heavy atom. The van der Waals surface area contributed by atoms with Gasteiger partial charge in [-0.3, -0.25) is 10.1 Å². The molecule has 3 aromatic rings. The topological polar surface area (TPSA) is 94.6 Å². The van der Waals surface area contributed by atoms with Crippen molar-refractivity contribution in [3.05, 3.63) is 69.4 Å². The number of ether oxygens (including phenoxy) is 1. The molecule has 0 amide bonds. The first kappa shape index (κ1) is 17.5. The summed E-state index contributed by atoms with van der Waals surface area (Å²) in [5, 5.41) is 21.6. The smallest absolute Gasteiger partial charge is 0.354 e. The van der Waals surface area contributed by atoms with Crippen molar-refractivity contribution in [2.75, 3.05) is 6.61 Å². The minimum atomic E-state index is -0.482. The summed E-state index contributed by atoms with van der Waals surface area (Å²) in [6.45, 7) is 3.91. The summed E-state index contributed by atoms with van der Waals surface area (Å²) in [4.78, 5) is 23.1. The lowest BCUT2D eigenvalue weighted by Crippen LogP contribution is -2.13. The Morgan fingerprint density at radius 3 is 2.69 bits per heavy atom. The van der Waals surface area contributed by atoms with Crippen molar-refractivity contribution in [3.63, 3.8) is 0 Å². The van der Waals surface area contributed by atoms with Crippen LogP contribution < -0.4 is 0 Å². The van der Waals surface area contributed by atoms with Gasteiger partial charge >= 0.3 is 5.97 Å². The van der Waals surface area contributed by atoms with Crippen LogP contribution in [0.1, 0.15) is 28.5 Å². The van der Waals surface area contributed by atoms with Gasteiger partial charge in [0.1, 0.15) is 11.4 Å². The van der Waals surface area contributed by atoms with Gasteiger partial charge in [-0.1, -0.05) is 12.1 Å². The van der Waals surface area contributed by atoms with Crippen LogP contribution in [0.3, 0.4) is 0 Å². The maximum absolute atomic E-state index is 12.3. The number of nitrogens with zero attached hydrogens (tertiary/aromatic N) is 2. The van der Waals surface area contributed by atoms with Gasteiger partial charge in [0.05, 0.1) is 11.5 Å². The number of aromatic nitrogens is 1. The number of phenols is 1. The Balaban J connectivity index is 2.11. The molecule has 0 unspecified atom stereocenters. The molecule has 0 aliphatic heterocycles. The molecule has 7 nitrogen and oxygen atoms in total. The number of aryl methyl sites for hydroxylation is 1. The van der Waals surface area contributed by atoms with Crippen molar-refractivity contribution in [2.24, 2.45) is 0 Å². The van der Waals surface area contributed by atoms with Crippen molar-refractivity contribution in [3.8, 4) is 5.75 Å². The first-order valence-electron chi connectivity index (χ1n) is 8.14. The van der Waals surface area contributed by atoms with Crippen LogP contribution in [-0.4, -0.2) is 27.2 Å². The third kappa shape index (κ3) is 3.23. The van der Waals surface area contributed by atoms with Crippen LogP contribution in [0.2, 0.25) is 0 Å². The van der Waals surface area contributed by atoms with E-state index in [1.165, 1.54) is 12.1 Å². The van der Waals surface area contributed by atoms with E-state index in [0.29, 0.717) is 22.2 Å². The van der Waals surface area contributed by atoms with E-state index in [-0.39, 0.29) is 24.6 Å². The number of rotatable bonds is 5. The van der Waals surface area contributed by atoms with Gasteiger partial charge in [-0.05, 0) is 43.7 Å². The Labute approximate surface area is 149 Å². The molecule has 7 heteroatoms. The van der Waals surface area contributed by atoms with Crippen LogP contribution in [0.5, 0.6) is 5.75 Å². The van der Waals surface area contributed by atoms with Gasteiger partial charge in [-0.2, -0.15) is 0 Å². The predicted octanol–water partition coefficient (Wildman–Crippen LogP) is 3.79. The largest absolute Gasteiger partial charge is 0.508 e. The summed E-state index contributed by atoms with van der Waals surface area (Å²) in [6, 6.07) is 11.4. The highest BCUT2D eigenvalue weighted by atomic mass is 16.6. The lowest BCUT2D eigenvalue weighted by molar-refractivity contribution is -0.385. The molecule has 26 heavy (non-hydrogen) atoms. The highest BCUT2D eigenvalue weighted by molar-refractivity contribution is 5.96. The zero-order valence-corrected chi connectivity index (χ0v) is 14.4. The van der Waals surface area contributed by atoms with Gasteiger partial charge in [0.25, 0.3) is 5.69 Å². The van der Waals surface area contributed by atoms with Crippen LogP contribution >= 0.6 is 0 Å². The first-order valence-corrected chi connectivity index (χ1v) is 8.14. The molecule has 134 valence electrons. The van der Waals surface area contributed by atoms with Crippen molar-refractivity contribution in [1.29, 1.82) is 0 Å². The molecule has 0 fully saturated rings. The molecule has 1 aromatic heterocycles. The third-order valence-electron chi connectivity index (χ3n) is 4.18. The van der Waals surface area contributed by atoms with Crippen LogP contribution in [0.25, 0.3) is 10.9 Å². The Morgan fingerprint density at radius 2 is 2.00 bits per heavy atom. The number of aromatic hydroxyl groups is 1. The molecule has 0 bridgehead atoms. The van der Waals surface area contributed by atoms with Crippen molar-refractivity contribution >= 4 is 22.6 Å². The second kappa shape index (κ2) is 6.87. The van der Waals surface area contributed by atoms with Crippen LogP contribution in [0.15, 0.2) is 42.5 Å². The molecule has 0 aliphatic rings. The minimum absolute atomic E-state index is 0.0364. The number of nitro benzene ring substituents is 1. The van der Waals surface area contributed by atoms with Crippen LogP contribution in [0, 0.1) is 17.0 Å². The van der Waals surface area contributed by atoms with E-state index in [1.807, 2.05) is 0 Å². The van der Waals surface area contributed by atoms with Crippen molar-refractivity contribution < 1.29 is 19.6 Å². The number of hydrogen-bond donors (Lipinski definition) is 1. The van der Waals surface area contributed by atoms with Crippen molar-refractivity contribution in [2.45, 2.75) is 20.4 Å². The summed E-state index contributed by atoms with van der Waals surface area (Å²) < 4.78 is 6.85. The lowest BCUT2D eigenvalue weighted by Gasteiger charge is -2.11. The van der Waals surface area contributed by atoms with E-state index < -0.39 is 10.9 Å². The van der Waals surface area contributed by atoms with Crippen LogP contribution in [0.4, 0.5) is 5.69 Å². The number of phenolic OH excluding ortho intramolecular Hbond substituents is 1. The Hall–Kier alpha value is -3.35. The molecule has 1 N–H and O–H groups in total. The molecule has 0 saturated heterocycles. The quantitative estimate of drug-likeness (QED) is 0.427. The Bertz CT molecular complexity index is 1010. The molecule has 0 atom stereocenters. The van der Waals surface area contributed by atoms with E-state index in [4.69, 9.17) is 4.74 Å². The first-order chi connectivity index (χ1) is 12.4. The zero-order chi connectivity index (χ0) is 18.8. The van der Waals surface area contributed by atoms with E-state index in [9.17, 15) is 20.0 Å². The number of carbonyl (C=O) groups excluding carboxylic acids is 1. The maximum atomic E-state index is 12.3. The van der Waals surface area contributed by atoms with Gasteiger partial charge in [0.15, 0.2) is 0 Å². The summed E-state index contributed by atoms with van der Waals surface area (Å²) >= 11 is 0. The number of nitro groups is 1. The number of carbonyl (C=O) groups is 1. The standard InChI is InChI=1S/C19H18N2O5/c1-3-26-19(23)18-10-14-9-15(22)6-7-16(14)20(18)11-13-5-4-12(2)17(8-13)21(24)25/h4-10,22H,3,11H2,1-2H3. The van der Waals surface area contributed by atoms with Gasteiger partial charge in [0.2, 0.25) is 0 Å². The third-order valence-corrected chi connectivity index (χ3v) is 4.18. The molecule has 2 aromatic carbocycles. The number of esters is 1. The molecule has 0 aliphatic carbocycles. The SMILES string of the molecule is CCOC(=O)c1cc2cc(O)ccc2n1Cc1ccc(C)c([N+](=O)[O-])c1. The van der Waals surface area contributed by atoms with Crippen LogP contribution in [-0.2, 0) is 11.3 Å². The summed E-state index contributed by atoms with van der Waals surface area (Å²) in [5.41, 5.74) is 2.36. The molecule has 0 saturated carbocycles. The fraction of sp³-hybridized carbons (Fsp3) is 0.211. The summed E-state index contributed by atoms with van der Waals surface area (Å²) in [5.74, 6) is -0.388. The molecule has 1 heterocycles. The van der Waals surface area contributed by atoms with Gasteiger partial charge in [0, 0.05) is 29.1 Å². The van der Waals surface area contributed by atoms with Gasteiger partial charge in [-0.15, -0.1) is 0 Å². The van der Waals surface area contributed by atoms with Gasteiger partial charge < -0.3 is 14.4 Å². The molecular weight excluding hydrogens is 336 g/mol. The average Bonchev–Trinajstić information content (AvgIpc) is 2.94. The molecule has 3 rings (SSSR count). The van der Waals surface area contributed by atoms with E-state index in [0.717, 1.165) is 5.52 Å². The van der Waals surface area contributed by atoms with E-state index in [1.54, 1.807) is 48.7 Å². The highest BCUT2D eigenvalue weighted by Crippen LogP contribution is 2.27. The van der Waals surface area contributed by atoms with Gasteiger partial charge in [-0.25, -0.2) is 4.79 Å². The summed E-state index contributed by atoms with van der Waals surface area (Å²) in [7, 11) is 0. The number of hydrogen-bond acceptors (Lipinski definition) is 5. The second-order valence-corrected chi connectivity index (χ2v) is 5.96. The highest BCUT2D eigenvalue weighted by Gasteiger charge is 2.18. The minimum Gasteiger partial charge on any atom is -0.508 e. The van der Waals surface area contributed by atoms with E-state index in [2.05, 4.69) is 0 Å². The fourth-order valence-electron chi connectivity index (χ4n) is 2.94. The molecular formula is C19H18N2O5. The monoisotopic (exact) mass is 354 g/mol. The number of benzene rings is 2. The fourth-order valence-corrected chi connectivity index (χ4v) is 2.94. The lowest BCUT2D eigenvalue weighted by atomic mass is 10.1. The normalized spacial score (nSPS) is 10.8. The van der Waals surface area contributed by atoms with Crippen molar-refractivity contribution in [1.82, 2.24) is 4.57 Å². The molecule has 0 radical (unpaired) electrons. The predicted molar refractivity (Wildman–Crippen MR) is 96.5 cm³/mol. The zero-order valence-electron chi connectivity index (χ0n) is 14.4. The Kier molecular flexibility index (Phi) is 4.62. The second-order valence-electron chi connectivity index (χ2n) is 5.96. The van der Waals surface area contributed by atoms with E-state index >= 15 is 0 Å². The molecule has 0 spiro atoms. The average molecular weight is 354 g/mol. The number of fused-ring (bicyclic) bond motifs is 1. The summed E-state index contributed by atoms with van der Waals surface area (Å²) in [6.07, 6.45) is 0. The maximum Gasteiger partial charge on any atom is 0.354 e.